The fourth-order valence-electron chi connectivity index (χ4n) is 1.73. The maximum Gasteiger partial charge on any atom is 0.293 e. The first-order valence-corrected chi connectivity index (χ1v) is 4.62. The fourth-order valence-corrected chi connectivity index (χ4v) is 1.73. The van der Waals surface area contributed by atoms with Crippen molar-refractivity contribution in [3.8, 4) is 0 Å². The van der Waals surface area contributed by atoms with Crippen molar-refractivity contribution < 1.29 is 9.32 Å². The van der Waals surface area contributed by atoms with Crippen molar-refractivity contribution in [3.63, 3.8) is 0 Å². The highest BCUT2D eigenvalue weighted by Gasteiger charge is 2.22. The molecule has 0 aliphatic heterocycles. The minimum Gasteiger partial charge on any atom is -0.331 e. The minimum absolute atomic E-state index is 0.141. The van der Waals surface area contributed by atoms with Crippen LogP contribution in [0.1, 0.15) is 55.0 Å². The molecule has 0 bridgehead atoms. The van der Waals surface area contributed by atoms with Gasteiger partial charge in [0, 0.05) is 12.8 Å². The number of Topliss-reactive ketones (excluding diaryl/α,β-unsaturated/α-hetero) is 1. The zero-order valence-corrected chi connectivity index (χ0v) is 7.62. The lowest BCUT2D eigenvalue weighted by Gasteiger charge is -1.98. The van der Waals surface area contributed by atoms with Crippen molar-refractivity contribution in [3.05, 3.63) is 11.7 Å². The third-order valence-corrected chi connectivity index (χ3v) is 2.46. The normalized spacial score (nSPS) is 17.9. The van der Waals surface area contributed by atoms with Crippen LogP contribution in [-0.2, 0) is 0 Å². The Balaban J connectivity index is 2.16. The van der Waals surface area contributed by atoms with E-state index >= 15 is 0 Å². The Kier molecular flexibility index (Phi) is 2.12. The topological polar surface area (TPSA) is 56.0 Å². The maximum absolute atomic E-state index is 10.9. The number of carbonyl (C=O) groups is 1. The van der Waals surface area contributed by atoms with E-state index in [1.165, 1.54) is 19.8 Å². The SMILES string of the molecule is CC(=O)c1nc(C2CCCC2)no1. The molecule has 4 nitrogen and oxygen atoms in total. The molecule has 0 unspecified atom stereocenters. The smallest absolute Gasteiger partial charge is 0.293 e. The van der Waals surface area contributed by atoms with E-state index in [0.29, 0.717) is 11.7 Å². The molecule has 1 aliphatic carbocycles. The molecule has 0 radical (unpaired) electrons. The second-order valence-corrected chi connectivity index (χ2v) is 3.50. The summed E-state index contributed by atoms with van der Waals surface area (Å²) in [6.45, 7) is 1.44. The molecule has 1 aromatic heterocycles. The van der Waals surface area contributed by atoms with E-state index in [9.17, 15) is 4.79 Å². The van der Waals surface area contributed by atoms with Gasteiger partial charge in [-0.15, -0.1) is 0 Å². The van der Waals surface area contributed by atoms with Gasteiger partial charge in [-0.2, -0.15) is 4.98 Å². The summed E-state index contributed by atoms with van der Waals surface area (Å²) in [5.41, 5.74) is 0. The average Bonchev–Trinajstić information content (AvgIpc) is 2.75. The highest BCUT2D eigenvalue weighted by Crippen LogP contribution is 2.32. The molecule has 1 saturated carbocycles. The van der Waals surface area contributed by atoms with E-state index in [-0.39, 0.29) is 11.7 Å². The van der Waals surface area contributed by atoms with Gasteiger partial charge >= 0.3 is 0 Å². The van der Waals surface area contributed by atoms with Gasteiger partial charge in [0.15, 0.2) is 5.82 Å². The predicted octanol–water partition coefficient (Wildman–Crippen LogP) is 1.93. The van der Waals surface area contributed by atoms with E-state index in [4.69, 9.17) is 4.52 Å². The van der Waals surface area contributed by atoms with E-state index < -0.39 is 0 Å². The summed E-state index contributed by atoms with van der Waals surface area (Å²) in [6.07, 6.45) is 4.71. The number of ketones is 1. The van der Waals surface area contributed by atoms with Crippen LogP contribution in [0.15, 0.2) is 4.52 Å². The van der Waals surface area contributed by atoms with Crippen molar-refractivity contribution in [2.45, 2.75) is 38.5 Å². The Morgan fingerprint density at radius 1 is 1.46 bits per heavy atom. The summed E-state index contributed by atoms with van der Waals surface area (Å²) in [6, 6.07) is 0. The average molecular weight is 180 g/mol. The van der Waals surface area contributed by atoms with Gasteiger partial charge in [0.05, 0.1) is 0 Å². The third kappa shape index (κ3) is 1.61. The van der Waals surface area contributed by atoms with Crippen LogP contribution in [0.4, 0.5) is 0 Å². The summed E-state index contributed by atoms with van der Waals surface area (Å²) >= 11 is 0. The summed E-state index contributed by atoms with van der Waals surface area (Å²) in [4.78, 5) is 14.9. The Hall–Kier alpha value is -1.19. The van der Waals surface area contributed by atoms with Gasteiger partial charge in [0.2, 0.25) is 5.78 Å². The Morgan fingerprint density at radius 3 is 2.69 bits per heavy atom. The van der Waals surface area contributed by atoms with Gasteiger partial charge in [-0.1, -0.05) is 18.0 Å². The van der Waals surface area contributed by atoms with Crippen molar-refractivity contribution in [2.75, 3.05) is 0 Å². The van der Waals surface area contributed by atoms with Crippen molar-refractivity contribution in [2.24, 2.45) is 0 Å². The molecule has 0 amide bonds. The highest BCUT2D eigenvalue weighted by atomic mass is 16.5. The number of hydrogen-bond acceptors (Lipinski definition) is 4. The number of hydrogen-bond donors (Lipinski definition) is 0. The van der Waals surface area contributed by atoms with Gasteiger partial charge in [-0.05, 0) is 12.8 Å². The van der Waals surface area contributed by atoms with Crippen molar-refractivity contribution in [1.82, 2.24) is 10.1 Å². The number of aromatic nitrogens is 2. The molecule has 0 aromatic carbocycles. The number of nitrogens with zero attached hydrogens (tertiary/aromatic N) is 2. The van der Waals surface area contributed by atoms with E-state index in [1.54, 1.807) is 0 Å². The first-order valence-electron chi connectivity index (χ1n) is 4.62. The van der Waals surface area contributed by atoms with Crippen LogP contribution < -0.4 is 0 Å². The van der Waals surface area contributed by atoms with Crippen LogP contribution in [-0.4, -0.2) is 15.9 Å². The Bertz CT molecular complexity index is 313. The molecule has 0 N–H and O–H groups in total. The molecule has 70 valence electrons. The quantitative estimate of drug-likeness (QED) is 0.652. The van der Waals surface area contributed by atoms with Crippen LogP contribution in [0.3, 0.4) is 0 Å². The van der Waals surface area contributed by atoms with E-state index in [0.717, 1.165) is 12.8 Å². The first-order chi connectivity index (χ1) is 6.27. The molecule has 1 heterocycles. The van der Waals surface area contributed by atoms with Gasteiger partial charge < -0.3 is 4.52 Å². The standard InChI is InChI=1S/C9H12N2O2/c1-6(12)9-10-8(11-13-9)7-4-2-3-5-7/h7H,2-5H2,1H3. The van der Waals surface area contributed by atoms with Crippen LogP contribution in [0.25, 0.3) is 0 Å². The van der Waals surface area contributed by atoms with Crippen molar-refractivity contribution in [1.29, 1.82) is 0 Å². The Labute approximate surface area is 76.3 Å². The lowest BCUT2D eigenvalue weighted by Crippen LogP contribution is -1.97. The first kappa shape index (κ1) is 8.41. The van der Waals surface area contributed by atoms with Crippen LogP contribution in [0.5, 0.6) is 0 Å². The minimum atomic E-state index is -0.156. The largest absolute Gasteiger partial charge is 0.331 e. The molecule has 0 atom stereocenters. The third-order valence-electron chi connectivity index (χ3n) is 2.46. The Morgan fingerprint density at radius 2 is 2.15 bits per heavy atom. The van der Waals surface area contributed by atoms with Crippen molar-refractivity contribution >= 4 is 5.78 Å². The summed E-state index contributed by atoms with van der Waals surface area (Å²) in [7, 11) is 0. The lowest BCUT2D eigenvalue weighted by atomic mass is 10.1. The maximum atomic E-state index is 10.9. The summed E-state index contributed by atoms with van der Waals surface area (Å²) < 4.78 is 4.83. The van der Waals surface area contributed by atoms with Crippen LogP contribution in [0.2, 0.25) is 0 Å². The molecule has 1 aromatic rings. The highest BCUT2D eigenvalue weighted by molar-refractivity contribution is 5.89. The van der Waals surface area contributed by atoms with E-state index in [1.807, 2.05) is 0 Å². The monoisotopic (exact) mass is 180 g/mol. The second-order valence-electron chi connectivity index (χ2n) is 3.50. The van der Waals surface area contributed by atoms with Gasteiger partial charge in [0.25, 0.3) is 5.89 Å². The molecule has 1 fully saturated rings. The zero-order chi connectivity index (χ0) is 9.26. The number of carbonyl (C=O) groups excluding carboxylic acids is 1. The van der Waals surface area contributed by atoms with E-state index in [2.05, 4.69) is 10.1 Å². The summed E-state index contributed by atoms with van der Waals surface area (Å²) in [5, 5.41) is 3.81. The molecule has 2 rings (SSSR count). The zero-order valence-electron chi connectivity index (χ0n) is 7.62. The fraction of sp³-hybridized carbons (Fsp3) is 0.667. The molecular weight excluding hydrogens is 168 g/mol. The predicted molar refractivity (Wildman–Crippen MR) is 45.5 cm³/mol. The molecule has 1 aliphatic rings. The van der Waals surface area contributed by atoms with Gasteiger partial charge in [-0.3, -0.25) is 4.79 Å². The second kappa shape index (κ2) is 3.28. The molecule has 13 heavy (non-hydrogen) atoms. The van der Waals surface area contributed by atoms with Crippen LogP contribution in [0, 0.1) is 0 Å². The molecular formula is C9H12N2O2. The molecule has 4 heteroatoms. The van der Waals surface area contributed by atoms with Crippen LogP contribution >= 0.6 is 0 Å². The van der Waals surface area contributed by atoms with Gasteiger partial charge in [0.1, 0.15) is 0 Å². The van der Waals surface area contributed by atoms with Gasteiger partial charge in [-0.25, -0.2) is 0 Å². The molecule has 0 spiro atoms. The number of rotatable bonds is 2. The summed E-state index contributed by atoms with van der Waals surface area (Å²) in [5.74, 6) is 1.11. The lowest BCUT2D eigenvalue weighted by molar-refractivity contribution is 0.0972. The molecule has 0 saturated heterocycles.